The number of carbonyl (C=O) groups excluding carboxylic acids is 1. The Balaban J connectivity index is 2.12. The van der Waals surface area contributed by atoms with Crippen LogP contribution in [0.5, 0.6) is 5.75 Å². The third-order valence-corrected chi connectivity index (χ3v) is 2.87. The summed E-state index contributed by atoms with van der Waals surface area (Å²) >= 11 is 5.77. The molecule has 2 rings (SSSR count). The van der Waals surface area contributed by atoms with Crippen molar-refractivity contribution in [3.8, 4) is 5.75 Å². The molecule has 0 amide bonds. The Hall–Kier alpha value is -2.13. The highest BCUT2D eigenvalue weighted by atomic mass is 35.5. The monoisotopic (exact) mass is 301 g/mol. The first-order valence-corrected chi connectivity index (χ1v) is 7.03. The number of halogens is 1. The smallest absolute Gasteiger partial charge is 0.186 e. The zero-order valence-corrected chi connectivity index (χ0v) is 12.7. The minimum Gasteiger partial charge on any atom is -0.491 e. The quantitative estimate of drug-likeness (QED) is 0.466. The van der Waals surface area contributed by atoms with Gasteiger partial charge in [0.1, 0.15) is 10.9 Å². The number of hydrogen-bond donors (Lipinski definition) is 0. The molecule has 0 aliphatic rings. The van der Waals surface area contributed by atoms with E-state index in [0.717, 1.165) is 11.3 Å². The predicted octanol–water partition coefficient (Wildman–Crippen LogP) is 4.42. The first-order chi connectivity index (χ1) is 10.0. The van der Waals surface area contributed by atoms with Crippen molar-refractivity contribution in [3.05, 3.63) is 65.0 Å². The van der Waals surface area contributed by atoms with E-state index in [9.17, 15) is 4.79 Å². The molecule has 0 unspecified atom stereocenters. The van der Waals surface area contributed by atoms with Crippen LogP contribution in [0.15, 0.2) is 48.7 Å². The van der Waals surface area contributed by atoms with Crippen LogP contribution in [0.4, 0.5) is 0 Å². The number of allylic oxidation sites excluding steroid dienone is 1. The van der Waals surface area contributed by atoms with Crippen LogP contribution < -0.4 is 4.74 Å². The Morgan fingerprint density at radius 3 is 2.81 bits per heavy atom. The van der Waals surface area contributed by atoms with E-state index >= 15 is 0 Å². The molecule has 0 bridgehead atoms. The molecule has 2 aromatic rings. The van der Waals surface area contributed by atoms with E-state index in [1.54, 1.807) is 18.2 Å². The number of nitrogens with zero attached hydrogens (tertiary/aromatic N) is 1. The van der Waals surface area contributed by atoms with Crippen molar-refractivity contribution in [2.75, 3.05) is 0 Å². The van der Waals surface area contributed by atoms with Gasteiger partial charge in [-0.15, -0.1) is 0 Å². The molecule has 0 N–H and O–H groups in total. The Kier molecular flexibility index (Phi) is 5.12. The van der Waals surface area contributed by atoms with Gasteiger partial charge in [0.15, 0.2) is 5.78 Å². The summed E-state index contributed by atoms with van der Waals surface area (Å²) in [5.74, 6) is 0.668. The molecule has 21 heavy (non-hydrogen) atoms. The van der Waals surface area contributed by atoms with E-state index in [0.29, 0.717) is 10.7 Å². The summed E-state index contributed by atoms with van der Waals surface area (Å²) < 4.78 is 5.62. The number of benzene rings is 1. The third-order valence-electron chi connectivity index (χ3n) is 2.67. The summed E-state index contributed by atoms with van der Waals surface area (Å²) in [6.45, 7) is 3.94. The molecule has 0 saturated carbocycles. The highest BCUT2D eigenvalue weighted by Gasteiger charge is 2.03. The summed E-state index contributed by atoms with van der Waals surface area (Å²) in [4.78, 5) is 15.9. The average molecular weight is 302 g/mol. The van der Waals surface area contributed by atoms with Crippen molar-refractivity contribution in [2.45, 2.75) is 20.0 Å². The number of rotatable bonds is 5. The number of ketones is 1. The maximum Gasteiger partial charge on any atom is 0.186 e. The van der Waals surface area contributed by atoms with Gasteiger partial charge in [0.25, 0.3) is 0 Å². The van der Waals surface area contributed by atoms with Crippen LogP contribution >= 0.6 is 11.6 Å². The van der Waals surface area contributed by atoms with Crippen molar-refractivity contribution >= 4 is 23.5 Å². The third kappa shape index (κ3) is 4.72. The highest BCUT2D eigenvalue weighted by Crippen LogP contribution is 2.16. The van der Waals surface area contributed by atoms with Gasteiger partial charge in [-0.3, -0.25) is 4.79 Å². The molecule has 0 saturated heterocycles. The van der Waals surface area contributed by atoms with Crippen LogP contribution in [0.1, 0.15) is 29.8 Å². The van der Waals surface area contributed by atoms with E-state index in [1.807, 2.05) is 38.1 Å². The highest BCUT2D eigenvalue weighted by molar-refractivity contribution is 6.29. The second-order valence-corrected chi connectivity index (χ2v) is 5.19. The molecule has 108 valence electrons. The van der Waals surface area contributed by atoms with Crippen LogP contribution in [-0.2, 0) is 0 Å². The van der Waals surface area contributed by atoms with Crippen molar-refractivity contribution in [2.24, 2.45) is 0 Å². The molecule has 1 heterocycles. The van der Waals surface area contributed by atoms with E-state index < -0.39 is 0 Å². The van der Waals surface area contributed by atoms with Gasteiger partial charge in [-0.1, -0.05) is 29.8 Å². The first kappa shape index (κ1) is 15.3. The normalized spacial score (nSPS) is 11.0. The van der Waals surface area contributed by atoms with E-state index in [4.69, 9.17) is 16.3 Å². The second-order valence-electron chi connectivity index (χ2n) is 4.80. The Morgan fingerprint density at radius 2 is 2.10 bits per heavy atom. The van der Waals surface area contributed by atoms with Gasteiger partial charge in [-0.2, -0.15) is 0 Å². The summed E-state index contributed by atoms with van der Waals surface area (Å²) in [7, 11) is 0. The largest absolute Gasteiger partial charge is 0.491 e. The van der Waals surface area contributed by atoms with Crippen LogP contribution in [0, 0.1) is 0 Å². The average Bonchev–Trinajstić information content (AvgIpc) is 2.44. The Morgan fingerprint density at radius 1 is 1.29 bits per heavy atom. The van der Waals surface area contributed by atoms with E-state index in [2.05, 4.69) is 4.98 Å². The fraction of sp³-hybridized carbons (Fsp3) is 0.176. The summed E-state index contributed by atoms with van der Waals surface area (Å²) in [5, 5.41) is 0.307. The lowest BCUT2D eigenvalue weighted by Crippen LogP contribution is -2.05. The molecular formula is C17H16ClNO2. The number of aromatic nitrogens is 1. The van der Waals surface area contributed by atoms with Crippen LogP contribution in [0.25, 0.3) is 6.08 Å². The number of hydrogen-bond acceptors (Lipinski definition) is 3. The molecule has 0 aliphatic carbocycles. The Bertz CT molecular complexity index is 665. The van der Waals surface area contributed by atoms with Crippen molar-refractivity contribution in [3.63, 3.8) is 0 Å². The maximum absolute atomic E-state index is 12.0. The second kappa shape index (κ2) is 7.04. The topological polar surface area (TPSA) is 39.2 Å². The minimum atomic E-state index is -0.116. The zero-order chi connectivity index (χ0) is 15.2. The molecule has 0 atom stereocenters. The summed E-state index contributed by atoms with van der Waals surface area (Å²) in [5.41, 5.74) is 1.42. The molecular weight excluding hydrogens is 286 g/mol. The summed E-state index contributed by atoms with van der Waals surface area (Å²) in [6, 6.07) is 10.8. The SMILES string of the molecule is CC(C)Oc1cccc(/C=C/C(=O)c2ccnc(Cl)c2)c1. The van der Waals surface area contributed by atoms with Gasteiger partial charge in [0.05, 0.1) is 6.10 Å². The van der Waals surface area contributed by atoms with E-state index in [1.165, 1.54) is 12.3 Å². The van der Waals surface area contributed by atoms with Gasteiger partial charge in [-0.25, -0.2) is 4.98 Å². The Labute approximate surface area is 129 Å². The first-order valence-electron chi connectivity index (χ1n) is 6.65. The lowest BCUT2D eigenvalue weighted by atomic mass is 10.1. The van der Waals surface area contributed by atoms with E-state index in [-0.39, 0.29) is 11.9 Å². The lowest BCUT2D eigenvalue weighted by molar-refractivity contribution is 0.104. The molecule has 0 radical (unpaired) electrons. The van der Waals surface area contributed by atoms with Crippen LogP contribution in [-0.4, -0.2) is 16.9 Å². The fourth-order valence-electron chi connectivity index (χ4n) is 1.79. The number of ether oxygens (including phenoxy) is 1. The molecule has 0 spiro atoms. The van der Waals surface area contributed by atoms with Crippen molar-refractivity contribution in [1.82, 2.24) is 4.98 Å². The van der Waals surface area contributed by atoms with Crippen molar-refractivity contribution in [1.29, 1.82) is 0 Å². The molecule has 1 aromatic carbocycles. The van der Waals surface area contributed by atoms with Crippen LogP contribution in [0.2, 0.25) is 5.15 Å². The molecule has 3 nitrogen and oxygen atoms in total. The maximum atomic E-state index is 12.0. The summed E-state index contributed by atoms with van der Waals surface area (Å²) in [6.07, 6.45) is 4.90. The minimum absolute atomic E-state index is 0.116. The van der Waals surface area contributed by atoms with Gasteiger partial charge < -0.3 is 4.74 Å². The van der Waals surface area contributed by atoms with Crippen molar-refractivity contribution < 1.29 is 9.53 Å². The molecule has 0 aliphatic heterocycles. The standard InChI is InChI=1S/C17H16ClNO2/c1-12(2)21-15-5-3-4-13(10-15)6-7-16(20)14-8-9-19-17(18)11-14/h3-12H,1-2H3/b7-6+. The lowest BCUT2D eigenvalue weighted by Gasteiger charge is -2.09. The van der Waals surface area contributed by atoms with Gasteiger partial charge in [0.2, 0.25) is 0 Å². The van der Waals surface area contributed by atoms with Crippen LogP contribution in [0.3, 0.4) is 0 Å². The zero-order valence-electron chi connectivity index (χ0n) is 11.9. The fourth-order valence-corrected chi connectivity index (χ4v) is 1.96. The molecule has 1 aromatic heterocycles. The molecule has 4 heteroatoms. The number of carbonyl (C=O) groups is 1. The van der Waals surface area contributed by atoms with Gasteiger partial charge in [0, 0.05) is 11.8 Å². The molecule has 0 fully saturated rings. The predicted molar refractivity (Wildman–Crippen MR) is 84.8 cm³/mol. The number of pyridine rings is 1. The van der Waals surface area contributed by atoms with Gasteiger partial charge in [-0.05, 0) is 49.8 Å². The van der Waals surface area contributed by atoms with Gasteiger partial charge >= 0.3 is 0 Å².